The quantitative estimate of drug-likeness (QED) is 0.631. The van der Waals surface area contributed by atoms with Gasteiger partial charge in [0.15, 0.2) is 0 Å². The van der Waals surface area contributed by atoms with Gasteiger partial charge in [0, 0.05) is 23.9 Å². The van der Waals surface area contributed by atoms with Gasteiger partial charge in [-0.15, -0.1) is 0 Å². The van der Waals surface area contributed by atoms with E-state index >= 15 is 0 Å². The summed E-state index contributed by atoms with van der Waals surface area (Å²) in [6.45, 7) is 0.466. The summed E-state index contributed by atoms with van der Waals surface area (Å²) >= 11 is 6.09. The second kappa shape index (κ2) is 8.46. The Balaban J connectivity index is 1.75. The van der Waals surface area contributed by atoms with Crippen LogP contribution in [0.15, 0.2) is 53.3 Å². The van der Waals surface area contributed by atoms with Crippen LogP contribution in [0.3, 0.4) is 0 Å². The zero-order valence-electron chi connectivity index (χ0n) is 14.8. The number of furan rings is 1. The van der Waals surface area contributed by atoms with Crippen molar-refractivity contribution in [2.75, 3.05) is 24.9 Å². The summed E-state index contributed by atoms with van der Waals surface area (Å²) < 4.78 is 15.7. The molecule has 8 heteroatoms. The first-order chi connectivity index (χ1) is 13.1. The number of carbonyl (C=O) groups is 1. The number of nitrogens with one attached hydrogen (secondary N) is 2. The van der Waals surface area contributed by atoms with Crippen LogP contribution in [0.5, 0.6) is 11.5 Å². The lowest BCUT2D eigenvalue weighted by atomic mass is 10.2. The predicted molar refractivity (Wildman–Crippen MR) is 103 cm³/mol. The van der Waals surface area contributed by atoms with Crippen LogP contribution in [0, 0.1) is 0 Å². The summed E-state index contributed by atoms with van der Waals surface area (Å²) in [4.78, 5) is 16.8. The molecule has 0 aliphatic rings. The highest BCUT2D eigenvalue weighted by Crippen LogP contribution is 2.36. The molecule has 0 unspecified atom stereocenters. The molecule has 3 rings (SSSR count). The summed E-state index contributed by atoms with van der Waals surface area (Å²) in [6, 6.07) is 10.1. The summed E-state index contributed by atoms with van der Waals surface area (Å²) in [5.74, 6) is 1.87. The average Bonchev–Trinajstić information content (AvgIpc) is 3.21. The molecule has 0 fully saturated rings. The van der Waals surface area contributed by atoms with Gasteiger partial charge in [0.1, 0.15) is 23.1 Å². The predicted octanol–water partition coefficient (Wildman–Crippen LogP) is 4.21. The third-order valence-corrected chi connectivity index (χ3v) is 4.06. The lowest BCUT2D eigenvalue weighted by Gasteiger charge is -2.13. The standard InChI is InChI=1S/C19H18ClN3O4/c1-25-16-10-15(17(26-2)9-14(16)20)23-19(24)12-5-6-21-18(8-12)22-11-13-4-3-7-27-13/h3-10H,11H2,1-2H3,(H,21,22)(H,23,24). The van der Waals surface area contributed by atoms with E-state index < -0.39 is 0 Å². The Bertz CT molecular complexity index is 929. The number of rotatable bonds is 7. The van der Waals surface area contributed by atoms with Crippen LogP contribution < -0.4 is 20.1 Å². The second-order valence-corrected chi connectivity index (χ2v) is 5.91. The Morgan fingerprint density at radius 2 is 2.00 bits per heavy atom. The molecule has 0 saturated heterocycles. The van der Waals surface area contributed by atoms with Crippen molar-refractivity contribution in [2.45, 2.75) is 6.54 Å². The maximum absolute atomic E-state index is 12.6. The van der Waals surface area contributed by atoms with Gasteiger partial charge in [-0.2, -0.15) is 0 Å². The van der Waals surface area contributed by atoms with E-state index in [0.717, 1.165) is 5.76 Å². The first-order valence-electron chi connectivity index (χ1n) is 8.06. The molecule has 0 aliphatic carbocycles. The molecular formula is C19H18ClN3O4. The van der Waals surface area contributed by atoms with Crippen molar-refractivity contribution in [1.29, 1.82) is 0 Å². The summed E-state index contributed by atoms with van der Waals surface area (Å²) in [5.41, 5.74) is 0.883. The summed E-state index contributed by atoms with van der Waals surface area (Å²) in [5, 5.41) is 6.30. The highest BCUT2D eigenvalue weighted by molar-refractivity contribution is 6.32. The lowest BCUT2D eigenvalue weighted by Crippen LogP contribution is -2.13. The number of pyridine rings is 1. The van der Waals surface area contributed by atoms with Crippen LogP contribution in [0.2, 0.25) is 5.02 Å². The molecule has 2 heterocycles. The largest absolute Gasteiger partial charge is 0.495 e. The minimum Gasteiger partial charge on any atom is -0.495 e. The molecular weight excluding hydrogens is 370 g/mol. The van der Waals surface area contributed by atoms with Gasteiger partial charge in [0.2, 0.25) is 0 Å². The van der Waals surface area contributed by atoms with Crippen LogP contribution in [0.25, 0.3) is 0 Å². The normalized spacial score (nSPS) is 10.3. The molecule has 140 valence electrons. The van der Waals surface area contributed by atoms with Gasteiger partial charge in [0.05, 0.1) is 37.7 Å². The minimum absolute atomic E-state index is 0.318. The fourth-order valence-corrected chi connectivity index (χ4v) is 2.64. The van der Waals surface area contributed by atoms with Crippen molar-refractivity contribution in [3.63, 3.8) is 0 Å². The third kappa shape index (κ3) is 4.51. The fraction of sp³-hybridized carbons (Fsp3) is 0.158. The number of carbonyl (C=O) groups excluding carboxylic acids is 1. The van der Waals surface area contributed by atoms with E-state index in [2.05, 4.69) is 15.6 Å². The van der Waals surface area contributed by atoms with Crippen LogP contribution in [-0.2, 0) is 6.54 Å². The van der Waals surface area contributed by atoms with E-state index in [4.69, 9.17) is 25.5 Å². The zero-order chi connectivity index (χ0) is 19.2. The van der Waals surface area contributed by atoms with Crippen molar-refractivity contribution in [3.8, 4) is 11.5 Å². The highest BCUT2D eigenvalue weighted by atomic mass is 35.5. The number of benzene rings is 1. The molecule has 7 nitrogen and oxygen atoms in total. The molecule has 3 aromatic rings. The molecule has 2 N–H and O–H groups in total. The molecule has 0 aliphatic heterocycles. The molecule has 0 radical (unpaired) electrons. The first kappa shape index (κ1) is 18.6. The van der Waals surface area contributed by atoms with Crippen LogP contribution in [-0.4, -0.2) is 25.1 Å². The van der Waals surface area contributed by atoms with Gasteiger partial charge in [-0.25, -0.2) is 4.98 Å². The van der Waals surface area contributed by atoms with Crippen LogP contribution >= 0.6 is 11.6 Å². The lowest BCUT2D eigenvalue weighted by molar-refractivity contribution is 0.102. The Morgan fingerprint density at radius 3 is 2.70 bits per heavy atom. The molecule has 0 saturated carbocycles. The molecule has 1 amide bonds. The molecule has 0 bridgehead atoms. The van der Waals surface area contributed by atoms with E-state index in [1.54, 1.807) is 36.7 Å². The fourth-order valence-electron chi connectivity index (χ4n) is 2.41. The van der Waals surface area contributed by atoms with Gasteiger partial charge in [0.25, 0.3) is 5.91 Å². The Kier molecular flexibility index (Phi) is 5.83. The number of aromatic nitrogens is 1. The van der Waals surface area contributed by atoms with E-state index in [0.29, 0.717) is 40.1 Å². The number of hydrogen-bond donors (Lipinski definition) is 2. The van der Waals surface area contributed by atoms with Gasteiger partial charge in [-0.1, -0.05) is 11.6 Å². The Hall–Kier alpha value is -3.19. The minimum atomic E-state index is -0.318. The number of halogens is 1. The van der Waals surface area contributed by atoms with Crippen molar-refractivity contribution in [2.24, 2.45) is 0 Å². The van der Waals surface area contributed by atoms with Gasteiger partial charge in [-0.05, 0) is 24.3 Å². The van der Waals surface area contributed by atoms with E-state index in [9.17, 15) is 4.79 Å². The highest BCUT2D eigenvalue weighted by Gasteiger charge is 2.14. The first-order valence-corrected chi connectivity index (χ1v) is 8.43. The molecule has 0 atom stereocenters. The molecule has 1 aromatic carbocycles. The summed E-state index contributed by atoms with van der Waals surface area (Å²) in [6.07, 6.45) is 3.15. The average molecular weight is 388 g/mol. The number of hydrogen-bond acceptors (Lipinski definition) is 6. The zero-order valence-corrected chi connectivity index (χ0v) is 15.5. The van der Waals surface area contributed by atoms with Gasteiger partial charge >= 0.3 is 0 Å². The maximum Gasteiger partial charge on any atom is 0.255 e. The number of nitrogens with zero attached hydrogens (tertiary/aromatic N) is 1. The van der Waals surface area contributed by atoms with Crippen molar-refractivity contribution < 1.29 is 18.7 Å². The van der Waals surface area contributed by atoms with Crippen molar-refractivity contribution >= 4 is 29.0 Å². The maximum atomic E-state index is 12.6. The topological polar surface area (TPSA) is 85.6 Å². The smallest absolute Gasteiger partial charge is 0.255 e. The van der Waals surface area contributed by atoms with Crippen LogP contribution in [0.1, 0.15) is 16.1 Å². The Morgan fingerprint density at radius 1 is 1.19 bits per heavy atom. The Labute approximate surface area is 161 Å². The van der Waals surface area contributed by atoms with Crippen molar-refractivity contribution in [1.82, 2.24) is 4.98 Å². The van der Waals surface area contributed by atoms with E-state index in [1.165, 1.54) is 14.2 Å². The monoisotopic (exact) mass is 387 g/mol. The van der Waals surface area contributed by atoms with Crippen LogP contribution in [0.4, 0.5) is 11.5 Å². The third-order valence-electron chi connectivity index (χ3n) is 3.77. The summed E-state index contributed by atoms with van der Waals surface area (Å²) in [7, 11) is 3.00. The van der Waals surface area contributed by atoms with Crippen molar-refractivity contribution in [3.05, 3.63) is 65.2 Å². The number of anilines is 2. The van der Waals surface area contributed by atoms with Gasteiger partial charge < -0.3 is 24.5 Å². The molecule has 27 heavy (non-hydrogen) atoms. The SMILES string of the molecule is COc1cc(NC(=O)c2ccnc(NCc3ccco3)c2)c(OC)cc1Cl. The van der Waals surface area contributed by atoms with E-state index in [-0.39, 0.29) is 5.91 Å². The number of methoxy groups -OCH3 is 2. The molecule has 0 spiro atoms. The van der Waals surface area contributed by atoms with E-state index in [1.807, 2.05) is 12.1 Å². The van der Waals surface area contributed by atoms with Gasteiger partial charge in [-0.3, -0.25) is 4.79 Å². The molecule has 2 aromatic heterocycles. The number of amides is 1. The second-order valence-electron chi connectivity index (χ2n) is 5.50. The number of ether oxygens (including phenoxy) is 2.